The highest BCUT2D eigenvalue weighted by molar-refractivity contribution is 5.82. The number of hydrogen-bond acceptors (Lipinski definition) is 2. The van der Waals surface area contributed by atoms with Gasteiger partial charge >= 0.3 is 0 Å². The maximum absolute atomic E-state index is 4.65. The Morgan fingerprint density at radius 3 is 2.67 bits per heavy atom. The number of hydrogen-bond donors (Lipinski definition) is 0. The van der Waals surface area contributed by atoms with E-state index in [9.17, 15) is 0 Å². The number of rotatable bonds is 0. The summed E-state index contributed by atoms with van der Waals surface area (Å²) in [5.41, 5.74) is 0. The Bertz CT molecular complexity index is 175. The van der Waals surface area contributed by atoms with Crippen LogP contribution in [0.1, 0.15) is 38.5 Å². The molecule has 2 heterocycles. The summed E-state index contributed by atoms with van der Waals surface area (Å²) >= 11 is 0. The second-order valence-corrected chi connectivity index (χ2v) is 3.80. The molecule has 2 rings (SSSR count). The predicted octanol–water partition coefficient (Wildman–Crippen LogP) is 2.05. The molecule has 0 aromatic carbocycles. The van der Waals surface area contributed by atoms with Crippen molar-refractivity contribution < 1.29 is 0 Å². The summed E-state index contributed by atoms with van der Waals surface area (Å²) in [5.74, 6) is 1.41. The summed E-state index contributed by atoms with van der Waals surface area (Å²) in [5, 5.41) is 0. The minimum absolute atomic E-state index is 1.08. The Kier molecular flexibility index (Phi) is 2.64. The number of amidine groups is 1. The first-order valence-corrected chi connectivity index (χ1v) is 5.25. The molecule has 1 fully saturated rings. The molecule has 0 bridgehead atoms. The van der Waals surface area contributed by atoms with E-state index in [1.165, 1.54) is 57.5 Å². The fraction of sp³-hybridized carbons (Fsp3) is 0.900. The van der Waals surface area contributed by atoms with Gasteiger partial charge in [0.15, 0.2) is 0 Å². The molecule has 2 aliphatic heterocycles. The Morgan fingerprint density at radius 2 is 1.75 bits per heavy atom. The lowest BCUT2D eigenvalue weighted by Crippen LogP contribution is -2.30. The van der Waals surface area contributed by atoms with Gasteiger partial charge in [-0.3, -0.25) is 4.99 Å². The van der Waals surface area contributed by atoms with Gasteiger partial charge in [0.1, 0.15) is 0 Å². The summed E-state index contributed by atoms with van der Waals surface area (Å²) in [4.78, 5) is 7.16. The van der Waals surface area contributed by atoms with Crippen LogP contribution in [0.4, 0.5) is 0 Å². The quantitative estimate of drug-likeness (QED) is 0.538. The van der Waals surface area contributed by atoms with Crippen molar-refractivity contribution in [2.45, 2.75) is 38.5 Å². The van der Waals surface area contributed by atoms with Gasteiger partial charge in [-0.05, 0) is 25.7 Å². The second-order valence-electron chi connectivity index (χ2n) is 3.80. The first-order chi connectivity index (χ1) is 5.97. The minimum Gasteiger partial charge on any atom is -0.360 e. The average molecular weight is 166 g/mol. The summed E-state index contributed by atoms with van der Waals surface area (Å²) in [6.07, 6.45) is 8.00. The van der Waals surface area contributed by atoms with Gasteiger partial charge in [-0.25, -0.2) is 0 Å². The SMILES string of the molecule is C1CCC2=NCCCCN2CC1. The minimum atomic E-state index is 1.08. The fourth-order valence-corrected chi connectivity index (χ4v) is 2.09. The van der Waals surface area contributed by atoms with Crippen LogP contribution in [0.15, 0.2) is 4.99 Å². The largest absolute Gasteiger partial charge is 0.360 e. The molecule has 12 heavy (non-hydrogen) atoms. The monoisotopic (exact) mass is 166 g/mol. The van der Waals surface area contributed by atoms with Crippen molar-refractivity contribution >= 4 is 5.84 Å². The van der Waals surface area contributed by atoms with E-state index in [0.717, 1.165) is 6.54 Å². The van der Waals surface area contributed by atoms with Crippen molar-refractivity contribution in [3.05, 3.63) is 0 Å². The lowest BCUT2D eigenvalue weighted by Gasteiger charge is -2.21. The van der Waals surface area contributed by atoms with Crippen molar-refractivity contribution in [2.24, 2.45) is 4.99 Å². The number of nitrogens with zero attached hydrogens (tertiary/aromatic N) is 2. The van der Waals surface area contributed by atoms with Gasteiger partial charge in [0.25, 0.3) is 0 Å². The van der Waals surface area contributed by atoms with E-state index >= 15 is 0 Å². The number of fused-ring (bicyclic) bond motifs is 1. The van der Waals surface area contributed by atoms with Crippen LogP contribution in [-0.2, 0) is 0 Å². The van der Waals surface area contributed by atoms with E-state index in [4.69, 9.17) is 0 Å². The molecule has 1 saturated heterocycles. The third-order valence-electron chi connectivity index (χ3n) is 2.82. The Labute approximate surface area is 74.7 Å². The zero-order valence-corrected chi connectivity index (χ0v) is 7.76. The molecule has 2 aliphatic rings. The van der Waals surface area contributed by atoms with Crippen LogP contribution in [0.5, 0.6) is 0 Å². The van der Waals surface area contributed by atoms with Crippen LogP contribution in [0.3, 0.4) is 0 Å². The van der Waals surface area contributed by atoms with E-state index in [-0.39, 0.29) is 0 Å². The van der Waals surface area contributed by atoms with E-state index in [0.29, 0.717) is 0 Å². The molecule has 68 valence electrons. The Morgan fingerprint density at radius 1 is 0.917 bits per heavy atom. The highest BCUT2D eigenvalue weighted by Crippen LogP contribution is 2.15. The van der Waals surface area contributed by atoms with Gasteiger partial charge in [-0.15, -0.1) is 0 Å². The maximum atomic E-state index is 4.65. The Hall–Kier alpha value is -0.530. The molecule has 0 atom stereocenters. The first kappa shape index (κ1) is 8.09. The van der Waals surface area contributed by atoms with E-state index < -0.39 is 0 Å². The predicted molar refractivity (Wildman–Crippen MR) is 51.6 cm³/mol. The van der Waals surface area contributed by atoms with E-state index in [1.54, 1.807) is 0 Å². The van der Waals surface area contributed by atoms with Crippen LogP contribution in [0.25, 0.3) is 0 Å². The molecule has 0 unspecified atom stereocenters. The molecule has 0 amide bonds. The van der Waals surface area contributed by atoms with Crippen LogP contribution in [0.2, 0.25) is 0 Å². The molecule has 0 N–H and O–H groups in total. The zero-order valence-electron chi connectivity index (χ0n) is 7.76. The summed E-state index contributed by atoms with van der Waals surface area (Å²) < 4.78 is 0. The average Bonchev–Trinajstić information content (AvgIpc) is 2.38. The van der Waals surface area contributed by atoms with Crippen molar-refractivity contribution in [3.63, 3.8) is 0 Å². The van der Waals surface area contributed by atoms with E-state index in [1.807, 2.05) is 0 Å². The fourth-order valence-electron chi connectivity index (χ4n) is 2.09. The molecule has 2 nitrogen and oxygen atoms in total. The van der Waals surface area contributed by atoms with Gasteiger partial charge in [-0.1, -0.05) is 6.42 Å². The lowest BCUT2D eigenvalue weighted by molar-refractivity contribution is 0.412. The summed E-state index contributed by atoms with van der Waals surface area (Å²) in [6, 6.07) is 0. The zero-order chi connectivity index (χ0) is 8.23. The molecule has 0 aromatic heterocycles. The van der Waals surface area contributed by atoms with Crippen LogP contribution in [-0.4, -0.2) is 30.4 Å². The first-order valence-electron chi connectivity index (χ1n) is 5.25. The van der Waals surface area contributed by atoms with Crippen LogP contribution < -0.4 is 0 Å². The standard InChI is InChI=1S/C10H18N2/c1-2-6-10-11-7-3-5-9-12(10)8-4-1/h1-9H2. The van der Waals surface area contributed by atoms with Crippen molar-refractivity contribution in [1.29, 1.82) is 0 Å². The third-order valence-corrected chi connectivity index (χ3v) is 2.82. The normalized spacial score (nSPS) is 25.3. The Balaban J connectivity index is 2.06. The molecule has 0 aliphatic carbocycles. The molecular weight excluding hydrogens is 148 g/mol. The summed E-state index contributed by atoms with van der Waals surface area (Å²) in [7, 11) is 0. The van der Waals surface area contributed by atoms with Crippen LogP contribution in [0, 0.1) is 0 Å². The molecule has 2 heteroatoms. The van der Waals surface area contributed by atoms with Gasteiger partial charge in [0.05, 0.1) is 5.84 Å². The van der Waals surface area contributed by atoms with Crippen LogP contribution >= 0.6 is 0 Å². The molecule has 0 spiro atoms. The topological polar surface area (TPSA) is 15.6 Å². The van der Waals surface area contributed by atoms with Crippen molar-refractivity contribution in [2.75, 3.05) is 19.6 Å². The van der Waals surface area contributed by atoms with Crippen molar-refractivity contribution in [3.8, 4) is 0 Å². The van der Waals surface area contributed by atoms with E-state index in [2.05, 4.69) is 9.89 Å². The van der Waals surface area contributed by atoms with Gasteiger partial charge in [0, 0.05) is 26.1 Å². The molecule has 0 radical (unpaired) electrons. The molecular formula is C10H18N2. The second kappa shape index (κ2) is 3.92. The number of aliphatic imine (C=N–C) groups is 1. The van der Waals surface area contributed by atoms with Gasteiger partial charge in [0.2, 0.25) is 0 Å². The highest BCUT2D eigenvalue weighted by atomic mass is 15.2. The molecule has 0 aromatic rings. The third kappa shape index (κ3) is 1.79. The summed E-state index contributed by atoms with van der Waals surface area (Å²) in [6.45, 7) is 3.60. The lowest BCUT2D eigenvalue weighted by atomic mass is 10.2. The van der Waals surface area contributed by atoms with Gasteiger partial charge in [-0.2, -0.15) is 0 Å². The smallest absolute Gasteiger partial charge is 0.0988 e. The maximum Gasteiger partial charge on any atom is 0.0988 e. The molecule has 0 saturated carbocycles. The van der Waals surface area contributed by atoms with Crippen molar-refractivity contribution in [1.82, 2.24) is 4.90 Å². The van der Waals surface area contributed by atoms with Gasteiger partial charge < -0.3 is 4.90 Å². The highest BCUT2D eigenvalue weighted by Gasteiger charge is 2.15.